The van der Waals surface area contributed by atoms with Crippen LogP contribution >= 0.6 is 0 Å². The molecule has 0 radical (unpaired) electrons. The number of sulfonamides is 1. The van der Waals surface area contributed by atoms with Crippen molar-refractivity contribution in [3.63, 3.8) is 0 Å². The molecule has 1 aromatic carbocycles. The van der Waals surface area contributed by atoms with Crippen LogP contribution in [-0.4, -0.2) is 36.8 Å². The van der Waals surface area contributed by atoms with E-state index in [1.807, 2.05) is 0 Å². The van der Waals surface area contributed by atoms with Gasteiger partial charge in [-0.2, -0.15) is 4.31 Å². The Bertz CT molecular complexity index is 650. The summed E-state index contributed by atoms with van der Waals surface area (Å²) in [6.07, 6.45) is 2.02. The van der Waals surface area contributed by atoms with Crippen molar-refractivity contribution in [1.82, 2.24) is 4.31 Å². The molecule has 1 saturated heterocycles. The Kier molecular flexibility index (Phi) is 4.55. The molecule has 1 aromatic rings. The molecule has 2 N–H and O–H groups in total. The molecule has 116 valence electrons. The van der Waals surface area contributed by atoms with E-state index in [0.29, 0.717) is 12.8 Å². The number of nitro groups is 1. The Labute approximate surface area is 121 Å². The van der Waals surface area contributed by atoms with Crippen molar-refractivity contribution in [2.45, 2.75) is 30.2 Å². The molecule has 1 aliphatic rings. The fraction of sp³-hybridized carbons (Fsp3) is 0.500. The molecule has 1 unspecified atom stereocenters. The number of piperidine rings is 1. The summed E-state index contributed by atoms with van der Waals surface area (Å²) in [6, 6.07) is 2.55. The Hall–Kier alpha value is -1.58. The van der Waals surface area contributed by atoms with Crippen LogP contribution in [0.4, 0.5) is 10.1 Å². The van der Waals surface area contributed by atoms with Gasteiger partial charge in [0.25, 0.3) is 15.7 Å². The molecule has 1 aliphatic heterocycles. The highest BCUT2D eigenvalue weighted by atomic mass is 32.2. The minimum atomic E-state index is -4.29. The van der Waals surface area contributed by atoms with E-state index < -0.39 is 37.4 Å². The predicted molar refractivity (Wildman–Crippen MR) is 73.6 cm³/mol. The molecule has 0 amide bonds. The zero-order valence-electron chi connectivity index (χ0n) is 11.2. The van der Waals surface area contributed by atoms with Crippen LogP contribution in [-0.2, 0) is 10.0 Å². The summed E-state index contributed by atoms with van der Waals surface area (Å²) in [7, 11) is -4.29. The van der Waals surface area contributed by atoms with Crippen molar-refractivity contribution in [3.05, 3.63) is 34.1 Å². The maximum atomic E-state index is 14.0. The van der Waals surface area contributed by atoms with E-state index in [0.717, 1.165) is 28.9 Å². The molecule has 1 fully saturated rings. The molecular weight excluding hydrogens is 301 g/mol. The molecular formula is C12H16FN3O4S. The number of nitrogens with two attached hydrogens (primary N) is 1. The Morgan fingerprint density at radius 2 is 2.14 bits per heavy atom. The van der Waals surface area contributed by atoms with Gasteiger partial charge in [0.15, 0.2) is 4.90 Å². The zero-order valence-corrected chi connectivity index (χ0v) is 12.1. The quantitative estimate of drug-likeness (QED) is 0.664. The van der Waals surface area contributed by atoms with Crippen molar-refractivity contribution in [2.75, 3.05) is 13.1 Å². The van der Waals surface area contributed by atoms with Gasteiger partial charge in [-0.1, -0.05) is 12.5 Å². The Morgan fingerprint density at radius 3 is 2.76 bits per heavy atom. The number of hydrogen-bond acceptors (Lipinski definition) is 5. The maximum Gasteiger partial charge on any atom is 0.292 e. The third-order valence-electron chi connectivity index (χ3n) is 3.55. The Balaban J connectivity index is 2.56. The van der Waals surface area contributed by atoms with Crippen LogP contribution in [0, 0.1) is 15.9 Å². The predicted octanol–water partition coefficient (Wildman–Crippen LogP) is 1.24. The van der Waals surface area contributed by atoms with E-state index >= 15 is 0 Å². The smallest absolute Gasteiger partial charge is 0.292 e. The van der Waals surface area contributed by atoms with Crippen LogP contribution in [0.5, 0.6) is 0 Å². The second-order valence-corrected chi connectivity index (χ2v) is 6.67. The standard InChI is InChI=1S/C12H16FN3O4S/c13-10-5-3-6-11(16(17)18)12(10)21(19,20)15-7-2-1-4-9(15)8-14/h3,5-6,9H,1-2,4,7-8,14H2. The SMILES string of the molecule is NCC1CCCCN1S(=O)(=O)c1c(F)cccc1[N+](=O)[O-]. The number of benzene rings is 1. The van der Waals surface area contributed by atoms with Gasteiger partial charge in [-0.15, -0.1) is 0 Å². The summed E-state index contributed by atoms with van der Waals surface area (Å²) in [5.74, 6) is -1.12. The molecule has 0 saturated carbocycles. The van der Waals surface area contributed by atoms with Gasteiger partial charge in [0, 0.05) is 25.2 Å². The first-order valence-electron chi connectivity index (χ1n) is 6.54. The van der Waals surface area contributed by atoms with Gasteiger partial charge in [-0.3, -0.25) is 10.1 Å². The molecule has 21 heavy (non-hydrogen) atoms. The van der Waals surface area contributed by atoms with Gasteiger partial charge in [-0.05, 0) is 18.9 Å². The van der Waals surface area contributed by atoms with Crippen molar-refractivity contribution >= 4 is 15.7 Å². The van der Waals surface area contributed by atoms with Gasteiger partial charge in [0.1, 0.15) is 5.82 Å². The highest BCUT2D eigenvalue weighted by Gasteiger charge is 2.39. The second kappa shape index (κ2) is 6.04. The summed E-state index contributed by atoms with van der Waals surface area (Å²) in [4.78, 5) is 9.21. The summed E-state index contributed by atoms with van der Waals surface area (Å²) in [5, 5.41) is 11.0. The zero-order chi connectivity index (χ0) is 15.6. The molecule has 2 rings (SSSR count). The van der Waals surface area contributed by atoms with Crippen LogP contribution < -0.4 is 5.73 Å². The van der Waals surface area contributed by atoms with Crippen molar-refractivity contribution in [3.8, 4) is 0 Å². The summed E-state index contributed by atoms with van der Waals surface area (Å²) in [5.41, 5.74) is 4.82. The lowest BCUT2D eigenvalue weighted by molar-refractivity contribution is -0.388. The lowest BCUT2D eigenvalue weighted by Crippen LogP contribution is -2.47. The number of halogens is 1. The van der Waals surface area contributed by atoms with Gasteiger partial charge in [0.05, 0.1) is 4.92 Å². The van der Waals surface area contributed by atoms with Crippen molar-refractivity contribution < 1.29 is 17.7 Å². The summed E-state index contributed by atoms with van der Waals surface area (Å²) < 4.78 is 40.3. The Morgan fingerprint density at radius 1 is 1.43 bits per heavy atom. The fourth-order valence-electron chi connectivity index (χ4n) is 2.54. The van der Waals surface area contributed by atoms with Gasteiger partial charge in [-0.25, -0.2) is 12.8 Å². The number of hydrogen-bond donors (Lipinski definition) is 1. The van der Waals surface area contributed by atoms with Crippen LogP contribution in [0.2, 0.25) is 0 Å². The summed E-state index contributed by atoms with van der Waals surface area (Å²) in [6.45, 7) is 0.289. The molecule has 7 nitrogen and oxygen atoms in total. The minimum absolute atomic E-state index is 0.0987. The molecule has 0 spiro atoms. The van der Waals surface area contributed by atoms with Gasteiger partial charge in [0.2, 0.25) is 0 Å². The molecule has 0 aliphatic carbocycles. The lowest BCUT2D eigenvalue weighted by Gasteiger charge is -2.33. The van der Waals surface area contributed by atoms with Gasteiger partial charge < -0.3 is 5.73 Å². The fourth-order valence-corrected chi connectivity index (χ4v) is 4.45. The van der Waals surface area contributed by atoms with E-state index in [4.69, 9.17) is 5.73 Å². The van der Waals surface area contributed by atoms with Crippen LogP contribution in [0.25, 0.3) is 0 Å². The first-order chi connectivity index (χ1) is 9.89. The average molecular weight is 317 g/mol. The average Bonchev–Trinajstić information content (AvgIpc) is 2.46. The van der Waals surface area contributed by atoms with Crippen molar-refractivity contribution in [2.24, 2.45) is 5.73 Å². The molecule has 0 bridgehead atoms. The highest BCUT2D eigenvalue weighted by Crippen LogP contribution is 2.32. The largest absolute Gasteiger partial charge is 0.329 e. The van der Waals surface area contributed by atoms with Crippen LogP contribution in [0.15, 0.2) is 23.1 Å². The maximum absolute atomic E-state index is 14.0. The first-order valence-corrected chi connectivity index (χ1v) is 7.98. The molecule has 1 heterocycles. The molecule has 9 heteroatoms. The normalized spacial score (nSPS) is 20.4. The number of nitro benzene ring substituents is 1. The van der Waals surface area contributed by atoms with Gasteiger partial charge >= 0.3 is 0 Å². The molecule has 0 aromatic heterocycles. The van der Waals surface area contributed by atoms with E-state index in [9.17, 15) is 22.9 Å². The van der Waals surface area contributed by atoms with E-state index in [-0.39, 0.29) is 13.1 Å². The minimum Gasteiger partial charge on any atom is -0.329 e. The van der Waals surface area contributed by atoms with Crippen molar-refractivity contribution in [1.29, 1.82) is 0 Å². The third-order valence-corrected chi connectivity index (χ3v) is 5.57. The molecule has 1 atom stereocenters. The topological polar surface area (TPSA) is 107 Å². The number of nitrogens with zero attached hydrogens (tertiary/aromatic N) is 2. The number of rotatable bonds is 4. The highest BCUT2D eigenvalue weighted by molar-refractivity contribution is 7.89. The summed E-state index contributed by atoms with van der Waals surface area (Å²) >= 11 is 0. The lowest BCUT2D eigenvalue weighted by atomic mass is 10.1. The van der Waals surface area contributed by atoms with Crippen LogP contribution in [0.3, 0.4) is 0 Å². The second-order valence-electron chi connectivity index (χ2n) is 4.85. The van der Waals surface area contributed by atoms with E-state index in [1.165, 1.54) is 0 Å². The van der Waals surface area contributed by atoms with Crippen LogP contribution in [0.1, 0.15) is 19.3 Å². The third kappa shape index (κ3) is 2.89. The monoisotopic (exact) mass is 317 g/mol. The van der Waals surface area contributed by atoms with E-state index in [1.54, 1.807) is 0 Å². The first kappa shape index (κ1) is 15.8. The van der Waals surface area contributed by atoms with E-state index in [2.05, 4.69) is 0 Å².